The number of piperazine rings is 1. The van der Waals surface area contributed by atoms with Gasteiger partial charge in [-0.2, -0.15) is 0 Å². The van der Waals surface area contributed by atoms with Gasteiger partial charge in [-0.05, 0) is 51.2 Å². The van der Waals surface area contributed by atoms with Crippen LogP contribution in [0.4, 0.5) is 0 Å². The van der Waals surface area contributed by atoms with Crippen molar-refractivity contribution in [1.82, 2.24) is 9.80 Å². The van der Waals surface area contributed by atoms with Gasteiger partial charge in [0.05, 0.1) is 0 Å². The van der Waals surface area contributed by atoms with E-state index < -0.39 is 0 Å². The molecular formula is C24H42N2. The van der Waals surface area contributed by atoms with E-state index in [1.165, 1.54) is 48.9 Å². The fourth-order valence-electron chi connectivity index (χ4n) is 4.12. The minimum absolute atomic E-state index is 0.638. The number of hydrogen-bond donors (Lipinski definition) is 0. The van der Waals surface area contributed by atoms with Gasteiger partial charge in [0.15, 0.2) is 0 Å². The molecule has 0 aromatic rings. The Morgan fingerprint density at radius 3 is 2.15 bits per heavy atom. The van der Waals surface area contributed by atoms with Gasteiger partial charge in [0, 0.05) is 37.4 Å². The van der Waals surface area contributed by atoms with Crippen molar-refractivity contribution in [2.45, 2.75) is 85.7 Å². The van der Waals surface area contributed by atoms with E-state index in [-0.39, 0.29) is 0 Å². The Morgan fingerprint density at radius 1 is 1.08 bits per heavy atom. The lowest BCUT2D eigenvalue weighted by Gasteiger charge is -2.46. The Balaban J connectivity index is 2.85. The lowest BCUT2D eigenvalue weighted by Crippen LogP contribution is -2.55. The van der Waals surface area contributed by atoms with Gasteiger partial charge in [0.1, 0.15) is 0 Å². The van der Waals surface area contributed by atoms with Crippen molar-refractivity contribution in [1.29, 1.82) is 0 Å². The maximum absolute atomic E-state index is 4.42. The lowest BCUT2D eigenvalue weighted by molar-refractivity contribution is 0.0466. The Kier molecular flexibility index (Phi) is 10.0. The van der Waals surface area contributed by atoms with Crippen molar-refractivity contribution in [2.24, 2.45) is 0 Å². The molecule has 0 saturated carbocycles. The van der Waals surface area contributed by atoms with Crippen LogP contribution >= 0.6 is 0 Å². The summed E-state index contributed by atoms with van der Waals surface area (Å²) in [5, 5.41) is 0. The predicted molar refractivity (Wildman–Crippen MR) is 117 cm³/mol. The van der Waals surface area contributed by atoms with E-state index >= 15 is 0 Å². The fourth-order valence-corrected chi connectivity index (χ4v) is 4.12. The van der Waals surface area contributed by atoms with Crippen molar-refractivity contribution < 1.29 is 0 Å². The quantitative estimate of drug-likeness (QED) is 0.421. The smallest absolute Gasteiger partial charge is 0.0334 e. The Bertz CT molecular complexity index is 520. The molecule has 0 bridgehead atoms. The zero-order valence-corrected chi connectivity index (χ0v) is 18.3. The average Bonchev–Trinajstić information content (AvgIpc) is 2.64. The van der Waals surface area contributed by atoms with Crippen LogP contribution < -0.4 is 0 Å². The first-order valence-corrected chi connectivity index (χ1v) is 10.6. The molecule has 1 aliphatic heterocycles. The number of rotatable bonds is 10. The predicted octanol–water partition coefficient (Wildman–Crippen LogP) is 6.33. The number of nitrogens with zero attached hydrogens (tertiary/aromatic N) is 2. The molecule has 0 aromatic heterocycles. The summed E-state index contributed by atoms with van der Waals surface area (Å²) in [6.07, 6.45) is 10.8. The second-order valence-electron chi connectivity index (χ2n) is 7.78. The van der Waals surface area contributed by atoms with Crippen LogP contribution in [0.5, 0.6) is 0 Å². The number of hydrogen-bond acceptors (Lipinski definition) is 2. The molecule has 1 saturated heterocycles. The highest BCUT2D eigenvalue weighted by molar-refractivity contribution is 5.42. The minimum atomic E-state index is 0.638. The largest absolute Gasteiger partial charge is 0.369 e. The van der Waals surface area contributed by atoms with Gasteiger partial charge in [0.25, 0.3) is 0 Å². The van der Waals surface area contributed by atoms with Crippen LogP contribution in [-0.2, 0) is 0 Å². The summed E-state index contributed by atoms with van der Waals surface area (Å²) in [7, 11) is 0. The molecule has 0 radical (unpaired) electrons. The monoisotopic (exact) mass is 358 g/mol. The van der Waals surface area contributed by atoms with Crippen LogP contribution in [0, 0.1) is 0 Å². The zero-order valence-electron chi connectivity index (χ0n) is 18.3. The van der Waals surface area contributed by atoms with Crippen LogP contribution in [-0.4, -0.2) is 41.5 Å². The van der Waals surface area contributed by atoms with E-state index in [4.69, 9.17) is 0 Å². The van der Waals surface area contributed by atoms with Gasteiger partial charge in [0.2, 0.25) is 0 Å². The number of allylic oxidation sites excluding steroid dienone is 5. The van der Waals surface area contributed by atoms with Crippen LogP contribution in [0.15, 0.2) is 47.7 Å². The highest BCUT2D eigenvalue weighted by atomic mass is 15.3. The second-order valence-corrected chi connectivity index (χ2v) is 7.78. The highest BCUT2D eigenvalue weighted by Gasteiger charge is 2.30. The third kappa shape index (κ3) is 6.16. The highest BCUT2D eigenvalue weighted by Crippen LogP contribution is 2.26. The van der Waals surface area contributed by atoms with Gasteiger partial charge in [-0.15, -0.1) is 0 Å². The van der Waals surface area contributed by atoms with E-state index in [1.807, 2.05) is 0 Å². The first-order valence-electron chi connectivity index (χ1n) is 10.6. The molecule has 2 nitrogen and oxygen atoms in total. The summed E-state index contributed by atoms with van der Waals surface area (Å²) in [5.41, 5.74) is 4.74. The van der Waals surface area contributed by atoms with Crippen LogP contribution in [0.2, 0.25) is 0 Å². The van der Waals surface area contributed by atoms with E-state index in [0.29, 0.717) is 6.04 Å². The molecule has 0 aromatic carbocycles. The van der Waals surface area contributed by atoms with Gasteiger partial charge >= 0.3 is 0 Å². The average molecular weight is 359 g/mol. The topological polar surface area (TPSA) is 6.48 Å². The lowest BCUT2D eigenvalue weighted by atomic mass is 9.98. The molecule has 1 heterocycles. The van der Waals surface area contributed by atoms with Gasteiger partial charge in [-0.25, -0.2) is 0 Å². The molecule has 0 spiro atoms. The summed E-state index contributed by atoms with van der Waals surface area (Å²) in [4.78, 5) is 5.29. The van der Waals surface area contributed by atoms with Gasteiger partial charge < -0.3 is 4.90 Å². The maximum Gasteiger partial charge on any atom is 0.0334 e. The molecule has 0 amide bonds. The van der Waals surface area contributed by atoms with Gasteiger partial charge in [-0.3, -0.25) is 4.90 Å². The minimum Gasteiger partial charge on any atom is -0.369 e. The summed E-state index contributed by atoms with van der Waals surface area (Å²) >= 11 is 0. The second kappa shape index (κ2) is 11.4. The summed E-state index contributed by atoms with van der Waals surface area (Å²) < 4.78 is 0. The maximum atomic E-state index is 4.42. The van der Waals surface area contributed by atoms with Crippen molar-refractivity contribution in [3.05, 3.63) is 47.7 Å². The van der Waals surface area contributed by atoms with Crippen molar-refractivity contribution in [2.75, 3.05) is 19.6 Å². The Hall–Kier alpha value is -1.28. The zero-order chi connectivity index (χ0) is 19.7. The van der Waals surface area contributed by atoms with Crippen molar-refractivity contribution in [3.8, 4) is 0 Å². The van der Waals surface area contributed by atoms with E-state index in [1.54, 1.807) is 0 Å². The SMILES string of the molecule is C=C(C)C(/C=C(/C)C(=C)N1CCN(C(CCC)CCC)C(CC)C1)=C/C. The summed E-state index contributed by atoms with van der Waals surface area (Å²) in [6, 6.07) is 1.39. The molecule has 1 aliphatic rings. The molecule has 0 N–H and O–H groups in total. The van der Waals surface area contributed by atoms with E-state index in [0.717, 1.165) is 31.2 Å². The Morgan fingerprint density at radius 2 is 1.69 bits per heavy atom. The molecule has 1 atom stereocenters. The molecule has 26 heavy (non-hydrogen) atoms. The van der Waals surface area contributed by atoms with Crippen LogP contribution in [0.1, 0.15) is 73.6 Å². The molecule has 2 heteroatoms. The standard InChI is InChI=1S/C24H42N2/c1-9-13-24(14-10-2)26-16-15-25(18-23(26)12-4)21(8)20(7)17-22(11-3)19(5)6/h11,17,23-24H,5,8-10,12-16,18H2,1-4,6-7H3/b20-17-,22-11+. The Labute approximate surface area is 163 Å². The first-order chi connectivity index (χ1) is 12.4. The third-order valence-corrected chi connectivity index (χ3v) is 5.73. The molecule has 1 fully saturated rings. The van der Waals surface area contributed by atoms with Crippen molar-refractivity contribution in [3.63, 3.8) is 0 Å². The fraction of sp³-hybridized carbons (Fsp3) is 0.667. The van der Waals surface area contributed by atoms with Gasteiger partial charge in [-0.1, -0.05) is 64.5 Å². The molecular weight excluding hydrogens is 316 g/mol. The summed E-state index contributed by atoms with van der Waals surface area (Å²) in [6.45, 7) is 25.1. The molecule has 1 rings (SSSR count). The molecule has 148 valence electrons. The van der Waals surface area contributed by atoms with Crippen LogP contribution in [0.25, 0.3) is 0 Å². The molecule has 1 unspecified atom stereocenters. The van der Waals surface area contributed by atoms with E-state index in [9.17, 15) is 0 Å². The first kappa shape index (κ1) is 22.8. The van der Waals surface area contributed by atoms with Crippen molar-refractivity contribution >= 4 is 0 Å². The normalized spacial score (nSPS) is 20.0. The van der Waals surface area contributed by atoms with Crippen LogP contribution in [0.3, 0.4) is 0 Å². The third-order valence-electron chi connectivity index (χ3n) is 5.73. The summed E-state index contributed by atoms with van der Waals surface area (Å²) in [5.74, 6) is 0. The molecule has 0 aliphatic carbocycles. The van der Waals surface area contributed by atoms with E-state index in [2.05, 4.69) is 76.7 Å².